The normalized spacial score (nSPS) is 10.6. The molecule has 4 rings (SSSR count). The van der Waals surface area contributed by atoms with E-state index in [1.807, 2.05) is 23.6 Å². The van der Waals surface area contributed by atoms with E-state index in [1.165, 1.54) is 12.1 Å². The Balaban J connectivity index is 0.00000289. The van der Waals surface area contributed by atoms with Gasteiger partial charge in [0.05, 0.1) is 31.7 Å². The van der Waals surface area contributed by atoms with Crippen LogP contribution < -0.4 is 5.32 Å². The molecule has 1 N–H and O–H groups in total. The number of nitrogens with one attached hydrogen (secondary N) is 1. The van der Waals surface area contributed by atoms with Crippen molar-refractivity contribution in [1.29, 1.82) is 0 Å². The van der Waals surface area contributed by atoms with Gasteiger partial charge in [-0.15, -0.1) is 12.4 Å². The molecule has 0 aliphatic heterocycles. The summed E-state index contributed by atoms with van der Waals surface area (Å²) in [5, 5.41) is 14.2. The van der Waals surface area contributed by atoms with Gasteiger partial charge in [-0.05, 0) is 36.8 Å². The van der Waals surface area contributed by atoms with Gasteiger partial charge in [0.2, 0.25) is 0 Å². The Bertz CT molecular complexity index is 1300. The highest BCUT2D eigenvalue weighted by atomic mass is 35.5. The molecule has 1 aromatic heterocycles. The quantitative estimate of drug-likeness (QED) is 0.263. The van der Waals surface area contributed by atoms with Gasteiger partial charge in [0.25, 0.3) is 11.6 Å². The minimum Gasteiger partial charge on any atom is -0.324 e. The minimum atomic E-state index is -0.429. The van der Waals surface area contributed by atoms with E-state index in [0.717, 1.165) is 16.9 Å². The summed E-state index contributed by atoms with van der Waals surface area (Å²) in [6, 6.07) is 16.7. The summed E-state index contributed by atoms with van der Waals surface area (Å²) in [7, 11) is 0. The molecule has 0 spiro atoms. The molecule has 4 aromatic rings. The smallest absolute Gasteiger partial charge is 0.269 e. The fourth-order valence-corrected chi connectivity index (χ4v) is 3.94. The number of nitro groups is 1. The largest absolute Gasteiger partial charge is 0.324 e. The summed E-state index contributed by atoms with van der Waals surface area (Å²) in [5.74, 6) is 0.316. The SMILES string of the molecule is Cc1nc2c(NC(=O)c3c(Cl)cccc3Cl)cccc2n1Cc1ccc([N+](=O)[O-])cc1.Cl. The lowest BCUT2D eigenvalue weighted by atomic mass is 10.2. The van der Waals surface area contributed by atoms with Crippen LogP contribution in [0.1, 0.15) is 21.7 Å². The number of benzene rings is 3. The first-order valence-electron chi connectivity index (χ1n) is 9.29. The maximum atomic E-state index is 12.8. The lowest BCUT2D eigenvalue weighted by molar-refractivity contribution is -0.384. The predicted molar refractivity (Wildman–Crippen MR) is 128 cm³/mol. The van der Waals surface area contributed by atoms with Gasteiger partial charge in [-0.2, -0.15) is 0 Å². The molecule has 7 nitrogen and oxygen atoms in total. The second-order valence-corrected chi connectivity index (χ2v) is 7.71. The second-order valence-electron chi connectivity index (χ2n) is 6.89. The van der Waals surface area contributed by atoms with Crippen molar-refractivity contribution >= 4 is 63.9 Å². The first kappa shape index (κ1) is 23.5. The number of para-hydroxylation sites is 1. The molecule has 0 radical (unpaired) electrons. The van der Waals surface area contributed by atoms with Gasteiger partial charge in [0.15, 0.2) is 0 Å². The molecule has 32 heavy (non-hydrogen) atoms. The Labute approximate surface area is 199 Å². The van der Waals surface area contributed by atoms with Gasteiger partial charge in [-0.3, -0.25) is 14.9 Å². The van der Waals surface area contributed by atoms with E-state index in [2.05, 4.69) is 10.3 Å². The summed E-state index contributed by atoms with van der Waals surface area (Å²) >= 11 is 12.3. The van der Waals surface area contributed by atoms with Crippen LogP contribution in [0, 0.1) is 17.0 Å². The van der Waals surface area contributed by atoms with Gasteiger partial charge >= 0.3 is 0 Å². The van der Waals surface area contributed by atoms with Crippen LogP contribution in [0.3, 0.4) is 0 Å². The van der Waals surface area contributed by atoms with Crippen molar-refractivity contribution in [2.75, 3.05) is 5.32 Å². The maximum absolute atomic E-state index is 12.8. The van der Waals surface area contributed by atoms with E-state index in [9.17, 15) is 14.9 Å². The third-order valence-corrected chi connectivity index (χ3v) is 5.53. The molecule has 0 bridgehead atoms. The Hall–Kier alpha value is -3.13. The summed E-state index contributed by atoms with van der Waals surface area (Å²) in [5.41, 5.74) is 3.11. The monoisotopic (exact) mass is 490 g/mol. The highest BCUT2D eigenvalue weighted by molar-refractivity contribution is 6.40. The highest BCUT2D eigenvalue weighted by Gasteiger charge is 2.18. The number of halogens is 3. The van der Waals surface area contributed by atoms with Crippen molar-refractivity contribution in [3.05, 3.63) is 97.8 Å². The molecule has 3 aromatic carbocycles. The van der Waals surface area contributed by atoms with E-state index in [4.69, 9.17) is 23.2 Å². The molecule has 10 heteroatoms. The third-order valence-electron chi connectivity index (χ3n) is 4.90. The van der Waals surface area contributed by atoms with Gasteiger partial charge < -0.3 is 9.88 Å². The fraction of sp³-hybridized carbons (Fsp3) is 0.0909. The fourth-order valence-electron chi connectivity index (χ4n) is 3.37. The van der Waals surface area contributed by atoms with Crippen molar-refractivity contribution in [2.24, 2.45) is 0 Å². The van der Waals surface area contributed by atoms with Crippen LogP contribution in [0.4, 0.5) is 11.4 Å². The highest BCUT2D eigenvalue weighted by Crippen LogP contribution is 2.29. The number of imidazole rings is 1. The molecule has 164 valence electrons. The molecule has 0 aliphatic rings. The molecular formula is C22H17Cl3N4O3. The zero-order valence-electron chi connectivity index (χ0n) is 16.7. The number of non-ortho nitro benzene ring substituents is 1. The molecule has 0 saturated heterocycles. The molecule has 0 saturated carbocycles. The van der Waals surface area contributed by atoms with Gasteiger partial charge in [0.1, 0.15) is 11.3 Å². The Morgan fingerprint density at radius 2 is 1.69 bits per heavy atom. The van der Waals surface area contributed by atoms with Crippen LogP contribution in [0.5, 0.6) is 0 Å². The van der Waals surface area contributed by atoms with Crippen molar-refractivity contribution in [1.82, 2.24) is 9.55 Å². The zero-order valence-corrected chi connectivity index (χ0v) is 19.0. The number of aromatic nitrogens is 2. The van der Waals surface area contributed by atoms with Crippen LogP contribution >= 0.6 is 35.6 Å². The Morgan fingerprint density at radius 1 is 1.06 bits per heavy atom. The number of aryl methyl sites for hydroxylation is 1. The van der Waals surface area contributed by atoms with Crippen LogP contribution in [-0.2, 0) is 6.54 Å². The summed E-state index contributed by atoms with van der Waals surface area (Å²) in [6.07, 6.45) is 0. The first-order chi connectivity index (χ1) is 14.8. The van der Waals surface area contributed by atoms with Gasteiger partial charge in [-0.1, -0.05) is 47.5 Å². The molecular weight excluding hydrogens is 475 g/mol. The predicted octanol–water partition coefficient (Wildman–Crippen LogP) is 6.28. The maximum Gasteiger partial charge on any atom is 0.269 e. The summed E-state index contributed by atoms with van der Waals surface area (Å²) in [4.78, 5) is 27.9. The summed E-state index contributed by atoms with van der Waals surface area (Å²) in [6.45, 7) is 2.34. The molecule has 1 amide bonds. The lowest BCUT2D eigenvalue weighted by Gasteiger charge is -2.10. The number of amides is 1. The number of rotatable bonds is 5. The van der Waals surface area contributed by atoms with Crippen LogP contribution in [0.25, 0.3) is 11.0 Å². The van der Waals surface area contributed by atoms with E-state index >= 15 is 0 Å². The number of fused-ring (bicyclic) bond motifs is 1. The molecule has 0 atom stereocenters. The number of hydrogen-bond donors (Lipinski definition) is 1. The van der Waals surface area contributed by atoms with Crippen molar-refractivity contribution < 1.29 is 9.72 Å². The van der Waals surface area contributed by atoms with E-state index in [-0.39, 0.29) is 33.7 Å². The molecule has 0 aliphatic carbocycles. The first-order valence-corrected chi connectivity index (χ1v) is 10.1. The number of carbonyl (C=O) groups is 1. The number of nitro benzene ring substituents is 1. The van der Waals surface area contributed by atoms with Crippen LogP contribution in [0.15, 0.2) is 60.7 Å². The number of hydrogen-bond acceptors (Lipinski definition) is 4. The van der Waals surface area contributed by atoms with Crippen molar-refractivity contribution in [2.45, 2.75) is 13.5 Å². The summed E-state index contributed by atoms with van der Waals surface area (Å²) < 4.78 is 1.98. The zero-order chi connectivity index (χ0) is 22.1. The Morgan fingerprint density at radius 3 is 2.31 bits per heavy atom. The van der Waals surface area contributed by atoms with Crippen molar-refractivity contribution in [3.63, 3.8) is 0 Å². The average Bonchev–Trinajstić information content (AvgIpc) is 3.05. The topological polar surface area (TPSA) is 90.1 Å². The average molecular weight is 492 g/mol. The lowest BCUT2D eigenvalue weighted by Crippen LogP contribution is -2.13. The van der Waals surface area contributed by atoms with E-state index in [0.29, 0.717) is 17.7 Å². The number of carbonyl (C=O) groups excluding carboxylic acids is 1. The molecule has 0 unspecified atom stereocenters. The van der Waals surface area contributed by atoms with Crippen LogP contribution in [0.2, 0.25) is 10.0 Å². The molecule has 0 fully saturated rings. The van der Waals surface area contributed by atoms with Gasteiger partial charge in [-0.25, -0.2) is 4.98 Å². The van der Waals surface area contributed by atoms with Crippen LogP contribution in [-0.4, -0.2) is 20.4 Å². The Kier molecular flexibility index (Phi) is 7.03. The number of nitrogens with zero attached hydrogens (tertiary/aromatic N) is 3. The third kappa shape index (κ3) is 4.55. The minimum absolute atomic E-state index is 0. The van der Waals surface area contributed by atoms with Gasteiger partial charge in [0, 0.05) is 18.7 Å². The van der Waals surface area contributed by atoms with Crippen molar-refractivity contribution in [3.8, 4) is 0 Å². The second kappa shape index (κ2) is 9.56. The van der Waals surface area contributed by atoms with E-state index in [1.54, 1.807) is 36.4 Å². The number of anilines is 1. The van der Waals surface area contributed by atoms with E-state index < -0.39 is 10.8 Å². The standard InChI is InChI=1S/C22H16Cl2N4O3.ClH/c1-13-25-21-18(26-22(29)20-16(23)4-2-5-17(20)24)6-3-7-19(21)27(13)12-14-8-10-15(11-9-14)28(30)31;/h2-11H,12H2,1H3,(H,26,29);1H. The molecule has 1 heterocycles.